The van der Waals surface area contributed by atoms with Gasteiger partial charge in [-0.3, -0.25) is 0 Å². The number of hydrogen-bond acceptors (Lipinski definition) is 4. The Morgan fingerprint density at radius 1 is 1.44 bits per heavy atom. The van der Waals surface area contributed by atoms with Crippen LogP contribution in [0.15, 0.2) is 12.1 Å². The molecule has 0 bridgehead atoms. The van der Waals surface area contributed by atoms with Crippen molar-refractivity contribution in [2.45, 2.75) is 65.3 Å². The maximum Gasteiger partial charge on any atom is 0.486 e. The molecule has 1 unspecified atom stereocenters. The first-order valence-corrected chi connectivity index (χ1v) is 6.32. The summed E-state index contributed by atoms with van der Waals surface area (Å²) in [6, 6.07) is 0. The average Bonchev–Trinajstić information content (AvgIpc) is 2.08. The molecule has 0 spiro atoms. The van der Waals surface area contributed by atoms with Crippen molar-refractivity contribution >= 4 is 13.1 Å². The van der Waals surface area contributed by atoms with Crippen LogP contribution in [0.3, 0.4) is 0 Å². The lowest BCUT2D eigenvalue weighted by molar-refractivity contribution is -0.148. The highest BCUT2D eigenvalue weighted by Crippen LogP contribution is 2.25. The molecule has 4 nitrogen and oxygen atoms in total. The van der Waals surface area contributed by atoms with E-state index >= 15 is 0 Å². The molecule has 102 valence electrons. The highest BCUT2D eigenvalue weighted by atomic mass is 16.6. The summed E-state index contributed by atoms with van der Waals surface area (Å²) in [7, 11) is -0.490. The number of esters is 1. The second kappa shape index (κ2) is 5.45. The number of hydrogen-bond donors (Lipinski definition) is 0. The van der Waals surface area contributed by atoms with E-state index in [2.05, 4.69) is 0 Å². The maximum atomic E-state index is 11.5. The summed E-state index contributed by atoms with van der Waals surface area (Å²) in [5.41, 5.74) is -0.719. The van der Waals surface area contributed by atoms with Crippen LogP contribution in [-0.4, -0.2) is 30.4 Å². The minimum absolute atomic E-state index is 0.113. The van der Waals surface area contributed by atoms with Crippen molar-refractivity contribution in [3.63, 3.8) is 0 Å². The van der Waals surface area contributed by atoms with E-state index in [9.17, 15) is 4.79 Å². The Bertz CT molecular complexity index is 330. The van der Waals surface area contributed by atoms with Crippen LogP contribution in [0, 0.1) is 0 Å². The summed E-state index contributed by atoms with van der Waals surface area (Å²) in [5, 5.41) is 0. The number of carbonyl (C=O) groups is 1. The van der Waals surface area contributed by atoms with E-state index in [4.69, 9.17) is 14.0 Å². The second-order valence-electron chi connectivity index (χ2n) is 6.29. The fourth-order valence-corrected chi connectivity index (χ4v) is 1.94. The van der Waals surface area contributed by atoms with E-state index in [0.29, 0.717) is 0 Å². The van der Waals surface area contributed by atoms with Gasteiger partial charge in [-0.15, -0.1) is 0 Å². The lowest BCUT2D eigenvalue weighted by Crippen LogP contribution is -2.45. The third kappa shape index (κ3) is 5.69. The summed E-state index contributed by atoms with van der Waals surface area (Å²) >= 11 is 0. The first kappa shape index (κ1) is 15.3. The van der Waals surface area contributed by atoms with E-state index in [0.717, 1.165) is 6.42 Å². The summed E-state index contributed by atoms with van der Waals surface area (Å²) < 4.78 is 16.5. The maximum absolute atomic E-state index is 11.5. The van der Waals surface area contributed by atoms with Crippen molar-refractivity contribution in [3.05, 3.63) is 12.1 Å². The number of carbonyl (C=O) groups excluding carboxylic acids is 1. The van der Waals surface area contributed by atoms with Gasteiger partial charge in [-0.1, -0.05) is 0 Å². The second-order valence-corrected chi connectivity index (χ2v) is 6.29. The highest BCUT2D eigenvalue weighted by molar-refractivity contribution is 6.51. The Morgan fingerprint density at radius 2 is 2.06 bits per heavy atom. The Balaban J connectivity index is 2.54. The molecular formula is C13H23BO4. The van der Waals surface area contributed by atoms with Crippen molar-refractivity contribution < 1.29 is 18.8 Å². The largest absolute Gasteiger partial charge is 0.486 e. The molecule has 1 aliphatic rings. The highest BCUT2D eigenvalue weighted by Gasteiger charge is 2.35. The lowest BCUT2D eigenvalue weighted by Gasteiger charge is -2.37. The molecule has 0 amide bonds. The van der Waals surface area contributed by atoms with Crippen molar-refractivity contribution in [1.82, 2.24) is 0 Å². The van der Waals surface area contributed by atoms with Crippen LogP contribution in [0.2, 0.25) is 0 Å². The minimum Gasteiger partial charge on any atom is -0.457 e. The molecule has 0 aromatic rings. The minimum atomic E-state index is -0.490. The monoisotopic (exact) mass is 254 g/mol. The molecule has 0 aromatic heterocycles. The van der Waals surface area contributed by atoms with Crippen molar-refractivity contribution in [1.29, 1.82) is 0 Å². The Kier molecular flexibility index (Phi) is 4.62. The van der Waals surface area contributed by atoms with Crippen LogP contribution in [0.5, 0.6) is 0 Å². The molecule has 1 fully saturated rings. The van der Waals surface area contributed by atoms with Crippen LogP contribution < -0.4 is 0 Å². The van der Waals surface area contributed by atoms with Gasteiger partial charge in [0.05, 0.1) is 5.60 Å². The standard InChI is InChI=1S/C13H23BO4/c1-10-9-13(5,6)18-14(17-10)8-7-11(15)16-12(2,3)4/h7-8,10H,9H2,1-6H3/b8-7+. The summed E-state index contributed by atoms with van der Waals surface area (Å²) in [6.45, 7) is 11.5. The first-order chi connectivity index (χ1) is 8.07. The molecule has 0 radical (unpaired) electrons. The SMILES string of the molecule is CC1CC(C)(C)OB(/C=C/C(=O)OC(C)(C)C)O1. The fraction of sp³-hybridized carbons (Fsp3) is 0.769. The molecule has 1 atom stereocenters. The summed E-state index contributed by atoms with van der Waals surface area (Å²) in [5.74, 6) is 1.22. The van der Waals surface area contributed by atoms with Gasteiger partial charge >= 0.3 is 13.1 Å². The molecule has 1 aliphatic heterocycles. The number of ether oxygens (including phenoxy) is 1. The predicted molar refractivity (Wildman–Crippen MR) is 71.1 cm³/mol. The van der Waals surface area contributed by atoms with Gasteiger partial charge in [0.25, 0.3) is 0 Å². The molecule has 1 saturated heterocycles. The van der Waals surface area contributed by atoms with E-state index in [1.807, 2.05) is 41.5 Å². The van der Waals surface area contributed by atoms with E-state index in [-0.39, 0.29) is 17.7 Å². The Morgan fingerprint density at radius 3 is 2.56 bits per heavy atom. The van der Waals surface area contributed by atoms with E-state index in [1.165, 1.54) is 6.08 Å². The fourth-order valence-electron chi connectivity index (χ4n) is 1.94. The van der Waals surface area contributed by atoms with Crippen molar-refractivity contribution in [2.24, 2.45) is 0 Å². The average molecular weight is 254 g/mol. The van der Waals surface area contributed by atoms with Crippen LogP contribution in [-0.2, 0) is 18.8 Å². The van der Waals surface area contributed by atoms with Gasteiger partial charge in [0.2, 0.25) is 0 Å². The van der Waals surface area contributed by atoms with Gasteiger partial charge in [0.1, 0.15) is 5.60 Å². The zero-order valence-corrected chi connectivity index (χ0v) is 12.1. The molecule has 18 heavy (non-hydrogen) atoms. The molecule has 1 heterocycles. The molecule has 0 aliphatic carbocycles. The van der Waals surface area contributed by atoms with Crippen LogP contribution >= 0.6 is 0 Å². The third-order valence-corrected chi connectivity index (χ3v) is 2.38. The predicted octanol–water partition coefficient (Wildman–Crippen LogP) is 2.52. The summed E-state index contributed by atoms with van der Waals surface area (Å²) in [4.78, 5) is 11.5. The zero-order valence-electron chi connectivity index (χ0n) is 12.1. The van der Waals surface area contributed by atoms with Crippen LogP contribution in [0.25, 0.3) is 0 Å². The van der Waals surface area contributed by atoms with Gasteiger partial charge < -0.3 is 14.0 Å². The lowest BCUT2D eigenvalue weighted by atomic mass is 9.82. The molecule has 0 aromatic carbocycles. The molecular weight excluding hydrogens is 231 g/mol. The first-order valence-electron chi connectivity index (χ1n) is 6.32. The third-order valence-electron chi connectivity index (χ3n) is 2.38. The molecule has 1 rings (SSSR count). The zero-order chi connectivity index (χ0) is 14.0. The van der Waals surface area contributed by atoms with Crippen molar-refractivity contribution in [2.75, 3.05) is 0 Å². The Labute approximate surface area is 110 Å². The molecule has 0 saturated carbocycles. The van der Waals surface area contributed by atoms with Crippen LogP contribution in [0.4, 0.5) is 0 Å². The van der Waals surface area contributed by atoms with Gasteiger partial charge in [-0.2, -0.15) is 0 Å². The van der Waals surface area contributed by atoms with E-state index in [1.54, 1.807) is 5.98 Å². The summed E-state index contributed by atoms with van der Waals surface area (Å²) in [6.07, 6.45) is 2.32. The smallest absolute Gasteiger partial charge is 0.457 e. The van der Waals surface area contributed by atoms with Crippen molar-refractivity contribution in [3.8, 4) is 0 Å². The van der Waals surface area contributed by atoms with Gasteiger partial charge in [0, 0.05) is 12.2 Å². The quantitative estimate of drug-likeness (QED) is 0.431. The number of rotatable bonds is 2. The topological polar surface area (TPSA) is 44.8 Å². The van der Waals surface area contributed by atoms with Gasteiger partial charge in [0.15, 0.2) is 0 Å². The molecule has 0 N–H and O–H groups in total. The molecule has 5 heteroatoms. The van der Waals surface area contributed by atoms with Gasteiger partial charge in [-0.05, 0) is 53.9 Å². The van der Waals surface area contributed by atoms with Crippen LogP contribution in [0.1, 0.15) is 48.0 Å². The Hall–Kier alpha value is -0.805. The normalized spacial score (nSPS) is 24.3. The van der Waals surface area contributed by atoms with E-state index < -0.39 is 12.7 Å². The van der Waals surface area contributed by atoms with Gasteiger partial charge in [-0.25, -0.2) is 4.79 Å².